The van der Waals surface area contributed by atoms with Crippen LogP contribution < -0.4 is 14.8 Å². The molecule has 0 unspecified atom stereocenters. The molecule has 0 fully saturated rings. The second-order valence-corrected chi connectivity index (χ2v) is 5.39. The average Bonchev–Trinajstić information content (AvgIpc) is 2.56. The van der Waals surface area contributed by atoms with Crippen molar-refractivity contribution in [1.82, 2.24) is 5.32 Å². The lowest BCUT2D eigenvalue weighted by Gasteiger charge is -2.14. The Labute approximate surface area is 133 Å². The Hall–Kier alpha value is -2.00. The van der Waals surface area contributed by atoms with Crippen molar-refractivity contribution in [2.75, 3.05) is 20.8 Å². The van der Waals surface area contributed by atoms with Crippen LogP contribution in [0.25, 0.3) is 0 Å². The minimum absolute atomic E-state index is 0.813. The molecule has 0 aromatic heterocycles. The van der Waals surface area contributed by atoms with Gasteiger partial charge in [-0.2, -0.15) is 0 Å². The Morgan fingerprint density at radius 2 is 1.77 bits per heavy atom. The molecule has 0 saturated heterocycles. The normalized spacial score (nSPS) is 10.5. The molecule has 1 N–H and O–H groups in total. The summed E-state index contributed by atoms with van der Waals surface area (Å²) in [5, 5.41) is 3.50. The van der Waals surface area contributed by atoms with Crippen LogP contribution in [0, 0.1) is 6.92 Å². The van der Waals surface area contributed by atoms with E-state index in [0.29, 0.717) is 0 Å². The van der Waals surface area contributed by atoms with Crippen LogP contribution in [-0.2, 0) is 13.0 Å². The van der Waals surface area contributed by atoms with E-state index in [0.717, 1.165) is 37.4 Å². The number of ether oxygens (including phenoxy) is 2. The summed E-state index contributed by atoms with van der Waals surface area (Å²) in [6, 6.07) is 14.6. The van der Waals surface area contributed by atoms with E-state index < -0.39 is 0 Å². The highest BCUT2D eigenvalue weighted by atomic mass is 16.5. The van der Waals surface area contributed by atoms with Gasteiger partial charge in [-0.25, -0.2) is 0 Å². The third-order valence-corrected chi connectivity index (χ3v) is 3.82. The van der Waals surface area contributed by atoms with Gasteiger partial charge in [0.25, 0.3) is 0 Å². The molecule has 0 aliphatic carbocycles. The van der Waals surface area contributed by atoms with Crippen molar-refractivity contribution in [2.24, 2.45) is 0 Å². The van der Waals surface area contributed by atoms with Crippen molar-refractivity contribution < 1.29 is 9.47 Å². The lowest BCUT2D eigenvalue weighted by molar-refractivity contribution is 0.389. The number of nitrogens with one attached hydrogen (secondary N) is 1. The van der Waals surface area contributed by atoms with Crippen LogP contribution in [0.3, 0.4) is 0 Å². The first kappa shape index (κ1) is 16.4. The second-order valence-electron chi connectivity index (χ2n) is 5.39. The zero-order chi connectivity index (χ0) is 15.8. The SMILES string of the molecule is COc1cc(C)c(CNCCCc2ccccc2)c(OC)c1. The first-order chi connectivity index (χ1) is 10.7. The fourth-order valence-corrected chi connectivity index (χ4v) is 2.55. The van der Waals surface area contributed by atoms with Gasteiger partial charge >= 0.3 is 0 Å². The van der Waals surface area contributed by atoms with Gasteiger partial charge in [0.05, 0.1) is 14.2 Å². The predicted octanol–water partition coefficient (Wildman–Crippen LogP) is 3.73. The minimum atomic E-state index is 0.813. The predicted molar refractivity (Wildman–Crippen MR) is 90.8 cm³/mol. The maximum Gasteiger partial charge on any atom is 0.127 e. The van der Waals surface area contributed by atoms with E-state index in [1.54, 1.807) is 14.2 Å². The number of hydrogen-bond donors (Lipinski definition) is 1. The van der Waals surface area contributed by atoms with E-state index in [-0.39, 0.29) is 0 Å². The van der Waals surface area contributed by atoms with Gasteiger partial charge in [-0.15, -0.1) is 0 Å². The number of rotatable bonds is 8. The van der Waals surface area contributed by atoms with E-state index in [2.05, 4.69) is 42.6 Å². The third kappa shape index (κ3) is 4.50. The van der Waals surface area contributed by atoms with Crippen molar-refractivity contribution in [3.05, 3.63) is 59.2 Å². The quantitative estimate of drug-likeness (QED) is 0.753. The molecule has 0 aliphatic rings. The summed E-state index contributed by atoms with van der Waals surface area (Å²) in [4.78, 5) is 0. The molecule has 118 valence electrons. The lowest BCUT2D eigenvalue weighted by Crippen LogP contribution is -2.16. The second kappa shape index (κ2) is 8.44. The molecule has 0 radical (unpaired) electrons. The molecule has 0 heterocycles. The van der Waals surface area contributed by atoms with Gasteiger partial charge in [0.15, 0.2) is 0 Å². The highest BCUT2D eigenvalue weighted by molar-refractivity contribution is 5.46. The summed E-state index contributed by atoms with van der Waals surface area (Å²) in [6.45, 7) is 3.89. The largest absolute Gasteiger partial charge is 0.497 e. The molecular weight excluding hydrogens is 274 g/mol. The van der Waals surface area contributed by atoms with E-state index >= 15 is 0 Å². The van der Waals surface area contributed by atoms with Crippen LogP contribution in [0.4, 0.5) is 0 Å². The highest BCUT2D eigenvalue weighted by Crippen LogP contribution is 2.28. The van der Waals surface area contributed by atoms with Gasteiger partial charge in [-0.1, -0.05) is 30.3 Å². The molecule has 22 heavy (non-hydrogen) atoms. The molecule has 2 rings (SSSR count). The molecule has 2 aromatic carbocycles. The van der Waals surface area contributed by atoms with E-state index in [4.69, 9.17) is 9.47 Å². The van der Waals surface area contributed by atoms with Crippen molar-refractivity contribution in [1.29, 1.82) is 0 Å². The van der Waals surface area contributed by atoms with Gasteiger partial charge in [-0.3, -0.25) is 0 Å². The Morgan fingerprint density at radius 3 is 2.45 bits per heavy atom. The number of benzene rings is 2. The van der Waals surface area contributed by atoms with Gasteiger partial charge in [0.2, 0.25) is 0 Å². The number of hydrogen-bond acceptors (Lipinski definition) is 3. The van der Waals surface area contributed by atoms with Crippen LogP contribution in [0.5, 0.6) is 11.5 Å². The molecule has 0 saturated carbocycles. The van der Waals surface area contributed by atoms with Crippen LogP contribution >= 0.6 is 0 Å². The molecule has 3 heteroatoms. The van der Waals surface area contributed by atoms with Crippen molar-refractivity contribution >= 4 is 0 Å². The summed E-state index contributed by atoms with van der Waals surface area (Å²) in [5.74, 6) is 1.72. The molecule has 2 aromatic rings. The molecule has 0 aliphatic heterocycles. The first-order valence-corrected chi connectivity index (χ1v) is 7.70. The van der Waals surface area contributed by atoms with Crippen LogP contribution in [-0.4, -0.2) is 20.8 Å². The zero-order valence-corrected chi connectivity index (χ0v) is 13.7. The lowest BCUT2D eigenvalue weighted by atomic mass is 10.1. The summed E-state index contributed by atoms with van der Waals surface area (Å²) >= 11 is 0. The third-order valence-electron chi connectivity index (χ3n) is 3.82. The monoisotopic (exact) mass is 299 g/mol. The fraction of sp³-hybridized carbons (Fsp3) is 0.368. The smallest absolute Gasteiger partial charge is 0.127 e. The molecule has 0 amide bonds. The van der Waals surface area contributed by atoms with Gasteiger partial charge in [0, 0.05) is 18.2 Å². The van der Waals surface area contributed by atoms with E-state index in [1.165, 1.54) is 16.7 Å². The maximum absolute atomic E-state index is 5.48. The van der Waals surface area contributed by atoms with Crippen molar-refractivity contribution in [2.45, 2.75) is 26.3 Å². The Balaban J connectivity index is 1.84. The Morgan fingerprint density at radius 1 is 1.00 bits per heavy atom. The Bertz CT molecular complexity index is 581. The Kier molecular flexibility index (Phi) is 6.28. The maximum atomic E-state index is 5.48. The van der Waals surface area contributed by atoms with Crippen LogP contribution in [0.1, 0.15) is 23.1 Å². The molecular formula is C19H25NO2. The standard InChI is InChI=1S/C19H25NO2/c1-15-12-17(21-2)13-19(22-3)18(15)14-20-11-7-10-16-8-5-4-6-9-16/h4-6,8-9,12-13,20H,7,10-11,14H2,1-3H3. The fourth-order valence-electron chi connectivity index (χ4n) is 2.55. The minimum Gasteiger partial charge on any atom is -0.497 e. The topological polar surface area (TPSA) is 30.5 Å². The summed E-state index contributed by atoms with van der Waals surface area (Å²) in [5.41, 5.74) is 3.78. The summed E-state index contributed by atoms with van der Waals surface area (Å²) in [6.07, 6.45) is 2.23. The molecule has 0 spiro atoms. The summed E-state index contributed by atoms with van der Waals surface area (Å²) < 4.78 is 10.8. The molecule has 3 nitrogen and oxygen atoms in total. The van der Waals surface area contributed by atoms with Crippen molar-refractivity contribution in [3.8, 4) is 11.5 Å². The average molecular weight is 299 g/mol. The van der Waals surface area contributed by atoms with E-state index in [9.17, 15) is 0 Å². The van der Waals surface area contributed by atoms with Gasteiger partial charge in [0.1, 0.15) is 11.5 Å². The van der Waals surface area contributed by atoms with E-state index in [1.807, 2.05) is 12.1 Å². The number of methoxy groups -OCH3 is 2. The molecule has 0 bridgehead atoms. The van der Waals surface area contributed by atoms with Gasteiger partial charge < -0.3 is 14.8 Å². The first-order valence-electron chi connectivity index (χ1n) is 7.70. The summed E-state index contributed by atoms with van der Waals surface area (Å²) in [7, 11) is 3.38. The van der Waals surface area contributed by atoms with Crippen LogP contribution in [0.15, 0.2) is 42.5 Å². The molecule has 0 atom stereocenters. The number of aryl methyl sites for hydroxylation is 2. The van der Waals surface area contributed by atoms with Gasteiger partial charge in [-0.05, 0) is 43.5 Å². The van der Waals surface area contributed by atoms with Crippen molar-refractivity contribution in [3.63, 3.8) is 0 Å². The van der Waals surface area contributed by atoms with Crippen LogP contribution in [0.2, 0.25) is 0 Å². The highest BCUT2D eigenvalue weighted by Gasteiger charge is 2.09. The zero-order valence-electron chi connectivity index (χ0n) is 13.7.